The zero-order chi connectivity index (χ0) is 30.2. The molecule has 0 spiro atoms. The molecule has 8 nitrogen and oxygen atoms in total. The van der Waals surface area contributed by atoms with Crippen LogP contribution >= 0.6 is 0 Å². The van der Waals surface area contributed by atoms with Crippen molar-refractivity contribution in [2.24, 2.45) is 0 Å². The van der Waals surface area contributed by atoms with Crippen LogP contribution in [0.25, 0.3) is 0 Å². The molecule has 42 heavy (non-hydrogen) atoms. The Kier molecular flexibility index (Phi) is 9.96. The number of hydrogen-bond acceptors (Lipinski definition) is 8. The molecule has 4 aromatic rings. The maximum Gasteiger partial charge on any atom is 0.241 e. The molecule has 0 aliphatic heterocycles. The van der Waals surface area contributed by atoms with Crippen LogP contribution in [0.2, 0.25) is 0 Å². The minimum absolute atomic E-state index is 0.00999. The van der Waals surface area contributed by atoms with Crippen LogP contribution in [-0.2, 0) is 9.47 Å². The van der Waals surface area contributed by atoms with Crippen LogP contribution < -0.4 is 19.1 Å². The summed E-state index contributed by atoms with van der Waals surface area (Å²) in [5, 5.41) is 0. The highest BCUT2D eigenvalue weighted by molar-refractivity contribution is 6.51. The fourth-order valence-electron chi connectivity index (χ4n) is 5.01. The van der Waals surface area contributed by atoms with Crippen molar-refractivity contribution in [1.82, 2.24) is 0 Å². The van der Waals surface area contributed by atoms with Crippen molar-refractivity contribution in [3.05, 3.63) is 113 Å². The number of para-hydroxylation sites is 1. The summed E-state index contributed by atoms with van der Waals surface area (Å²) < 4.78 is 27.7. The van der Waals surface area contributed by atoms with E-state index >= 15 is 0 Å². The monoisotopic (exact) mass is 569 g/mol. The Morgan fingerprint density at radius 3 is 1.74 bits per heavy atom. The van der Waals surface area contributed by atoms with Crippen LogP contribution in [0.3, 0.4) is 0 Å². The van der Waals surface area contributed by atoms with Crippen LogP contribution in [0.4, 0.5) is 11.4 Å². The Bertz CT molecular complexity index is 1490. The number of methoxy groups -OCH3 is 5. The molecular formula is C34H35NO7. The number of rotatable bonds is 13. The lowest BCUT2D eigenvalue weighted by Crippen LogP contribution is -2.25. The van der Waals surface area contributed by atoms with Gasteiger partial charge >= 0.3 is 0 Å². The first kappa shape index (κ1) is 30.3. The number of benzene rings is 4. The SMILES string of the molecule is COc1cc(OC)c(C(=O)C(=O)c2cc(C(c3ccccc3)C(OC)OC)ccc2N(C)c2ccccc2)c(OC)c1. The lowest BCUT2D eigenvalue weighted by atomic mass is 9.87. The van der Waals surface area contributed by atoms with Gasteiger partial charge in [0.15, 0.2) is 6.29 Å². The summed E-state index contributed by atoms with van der Waals surface area (Å²) in [5.74, 6) is -1.13. The highest BCUT2D eigenvalue weighted by Gasteiger charge is 2.32. The molecule has 0 aromatic heterocycles. The number of nitrogens with zero attached hydrogens (tertiary/aromatic N) is 1. The molecule has 0 aliphatic rings. The van der Waals surface area contributed by atoms with Gasteiger partial charge in [0.25, 0.3) is 0 Å². The molecule has 0 saturated carbocycles. The number of Topliss-reactive ketones (excluding diaryl/α,β-unsaturated/α-hetero) is 2. The van der Waals surface area contributed by atoms with Gasteiger partial charge in [0, 0.05) is 39.1 Å². The Morgan fingerprint density at radius 1 is 0.643 bits per heavy atom. The van der Waals surface area contributed by atoms with Gasteiger partial charge in [-0.05, 0) is 35.4 Å². The van der Waals surface area contributed by atoms with Crippen LogP contribution in [-0.4, -0.2) is 60.5 Å². The van der Waals surface area contributed by atoms with Gasteiger partial charge in [-0.15, -0.1) is 0 Å². The van der Waals surface area contributed by atoms with Gasteiger partial charge < -0.3 is 28.6 Å². The molecule has 0 radical (unpaired) electrons. The van der Waals surface area contributed by atoms with Crippen molar-refractivity contribution in [2.75, 3.05) is 47.5 Å². The molecule has 8 heteroatoms. The largest absolute Gasteiger partial charge is 0.496 e. The van der Waals surface area contributed by atoms with Crippen LogP contribution in [0.15, 0.2) is 91.0 Å². The van der Waals surface area contributed by atoms with Crippen molar-refractivity contribution in [1.29, 1.82) is 0 Å². The quantitative estimate of drug-likeness (QED) is 0.105. The van der Waals surface area contributed by atoms with E-state index in [-0.39, 0.29) is 28.5 Å². The molecule has 0 fully saturated rings. The molecule has 1 atom stereocenters. The van der Waals surface area contributed by atoms with E-state index in [4.69, 9.17) is 23.7 Å². The summed E-state index contributed by atoms with van der Waals surface area (Å²) in [6.45, 7) is 0. The van der Waals surface area contributed by atoms with Gasteiger partial charge in [-0.3, -0.25) is 9.59 Å². The van der Waals surface area contributed by atoms with Crippen molar-refractivity contribution in [3.8, 4) is 17.2 Å². The second-order valence-electron chi connectivity index (χ2n) is 9.46. The summed E-state index contributed by atoms with van der Waals surface area (Å²) in [7, 11) is 9.32. The maximum atomic E-state index is 14.2. The number of carbonyl (C=O) groups is 2. The molecule has 4 rings (SSSR count). The molecule has 0 aliphatic carbocycles. The first-order valence-electron chi connectivity index (χ1n) is 13.3. The van der Waals surface area contributed by atoms with Gasteiger partial charge in [0.05, 0.1) is 38.5 Å². The topological polar surface area (TPSA) is 83.5 Å². The standard InChI is InChI=1S/C34H35NO7/c1-35(24-15-11-8-12-16-24)27-18-17-23(30(34(41-5)42-6)22-13-9-7-10-14-22)19-26(27)32(36)33(37)31-28(39-3)20-25(38-2)21-29(31)40-4/h7-21,30,34H,1-6H3. The molecule has 0 heterocycles. The minimum Gasteiger partial charge on any atom is -0.496 e. The van der Waals surface area contributed by atoms with Gasteiger partial charge in [-0.25, -0.2) is 0 Å². The number of ketones is 2. The maximum absolute atomic E-state index is 14.2. The fourth-order valence-corrected chi connectivity index (χ4v) is 5.01. The first-order chi connectivity index (χ1) is 20.4. The molecule has 0 amide bonds. The van der Waals surface area contributed by atoms with Crippen LogP contribution in [0.1, 0.15) is 37.8 Å². The second kappa shape index (κ2) is 13.8. The van der Waals surface area contributed by atoms with E-state index < -0.39 is 17.9 Å². The van der Waals surface area contributed by atoms with E-state index in [1.165, 1.54) is 21.3 Å². The first-order valence-corrected chi connectivity index (χ1v) is 13.3. The highest BCUT2D eigenvalue weighted by atomic mass is 16.7. The van der Waals surface area contributed by atoms with Crippen molar-refractivity contribution >= 4 is 22.9 Å². The zero-order valence-electron chi connectivity index (χ0n) is 24.6. The van der Waals surface area contributed by atoms with Gasteiger partial charge in [0.1, 0.15) is 22.8 Å². The Hall–Kier alpha value is -4.66. The molecule has 0 saturated heterocycles. The summed E-state index contributed by atoms with van der Waals surface area (Å²) in [4.78, 5) is 30.1. The summed E-state index contributed by atoms with van der Waals surface area (Å²) in [6.07, 6.45) is -0.648. The second-order valence-corrected chi connectivity index (χ2v) is 9.46. The van der Waals surface area contributed by atoms with E-state index in [0.717, 1.165) is 16.8 Å². The summed E-state index contributed by atoms with van der Waals surface area (Å²) >= 11 is 0. The number of hydrogen-bond donors (Lipinski definition) is 0. The third kappa shape index (κ3) is 6.15. The average molecular weight is 570 g/mol. The lowest BCUT2D eigenvalue weighted by molar-refractivity contribution is -0.111. The minimum atomic E-state index is -0.780. The third-order valence-electron chi connectivity index (χ3n) is 7.17. The highest BCUT2D eigenvalue weighted by Crippen LogP contribution is 2.38. The van der Waals surface area contributed by atoms with E-state index in [0.29, 0.717) is 11.4 Å². The third-order valence-corrected chi connectivity index (χ3v) is 7.17. The molecule has 218 valence electrons. The zero-order valence-corrected chi connectivity index (χ0v) is 24.6. The lowest BCUT2D eigenvalue weighted by Gasteiger charge is -2.28. The molecular weight excluding hydrogens is 534 g/mol. The van der Waals surface area contributed by atoms with Gasteiger partial charge in [-0.2, -0.15) is 0 Å². The van der Waals surface area contributed by atoms with Gasteiger partial charge in [-0.1, -0.05) is 54.6 Å². The van der Waals surface area contributed by atoms with Crippen molar-refractivity contribution in [2.45, 2.75) is 12.2 Å². The predicted octanol–water partition coefficient (Wildman–Crippen LogP) is 6.30. The van der Waals surface area contributed by atoms with Crippen molar-refractivity contribution in [3.63, 3.8) is 0 Å². The Balaban J connectivity index is 1.92. The number of carbonyl (C=O) groups excluding carboxylic acids is 2. The fraction of sp³-hybridized carbons (Fsp3) is 0.235. The Labute approximate surface area is 246 Å². The van der Waals surface area contributed by atoms with Crippen LogP contribution in [0.5, 0.6) is 17.2 Å². The summed E-state index contributed by atoms with van der Waals surface area (Å²) in [5.41, 5.74) is 3.28. The number of anilines is 2. The van der Waals surface area contributed by atoms with Crippen molar-refractivity contribution < 1.29 is 33.3 Å². The summed E-state index contributed by atoms with van der Waals surface area (Å²) in [6, 6.07) is 27.9. The van der Waals surface area contributed by atoms with E-state index in [1.807, 2.05) is 84.7 Å². The molecule has 1 unspecified atom stereocenters. The molecule has 4 aromatic carbocycles. The molecule has 0 N–H and O–H groups in total. The van der Waals surface area contributed by atoms with E-state index in [9.17, 15) is 9.59 Å². The molecule has 0 bridgehead atoms. The smallest absolute Gasteiger partial charge is 0.241 e. The van der Waals surface area contributed by atoms with E-state index in [2.05, 4.69) is 0 Å². The Morgan fingerprint density at radius 2 is 1.21 bits per heavy atom. The normalized spacial score (nSPS) is 11.6. The number of ether oxygens (including phenoxy) is 5. The van der Waals surface area contributed by atoms with Gasteiger partial charge in [0.2, 0.25) is 11.6 Å². The van der Waals surface area contributed by atoms with Crippen LogP contribution in [0, 0.1) is 0 Å². The predicted molar refractivity (Wildman–Crippen MR) is 162 cm³/mol. The van der Waals surface area contributed by atoms with E-state index in [1.54, 1.807) is 32.4 Å². The average Bonchev–Trinajstić information content (AvgIpc) is 3.05.